The summed E-state index contributed by atoms with van der Waals surface area (Å²) in [6.45, 7) is 1.92. The van der Waals surface area contributed by atoms with Crippen molar-refractivity contribution in [1.82, 2.24) is 4.98 Å². The van der Waals surface area contributed by atoms with Crippen molar-refractivity contribution in [1.29, 1.82) is 0 Å². The van der Waals surface area contributed by atoms with Crippen molar-refractivity contribution in [2.75, 3.05) is 5.73 Å². The van der Waals surface area contributed by atoms with Gasteiger partial charge in [-0.2, -0.15) is 0 Å². The van der Waals surface area contributed by atoms with Crippen molar-refractivity contribution in [3.8, 4) is 17.0 Å². The summed E-state index contributed by atoms with van der Waals surface area (Å²) >= 11 is 6.09. The third-order valence-electron chi connectivity index (χ3n) is 2.28. The Kier molecular flexibility index (Phi) is 2.71. The Labute approximate surface area is 98.5 Å². The maximum Gasteiger partial charge on any atom is 0.138 e. The van der Waals surface area contributed by atoms with Gasteiger partial charge in [0.2, 0.25) is 0 Å². The molecular formula is C12H11ClN2O. The van der Waals surface area contributed by atoms with E-state index in [1.165, 1.54) is 6.07 Å². The van der Waals surface area contributed by atoms with Crippen LogP contribution in [0.1, 0.15) is 5.56 Å². The van der Waals surface area contributed by atoms with Gasteiger partial charge in [0.25, 0.3) is 0 Å². The highest BCUT2D eigenvalue weighted by atomic mass is 35.5. The van der Waals surface area contributed by atoms with Crippen LogP contribution in [0.2, 0.25) is 5.02 Å². The minimum absolute atomic E-state index is 0.0620. The van der Waals surface area contributed by atoms with Crippen LogP contribution in [0.3, 0.4) is 0 Å². The zero-order valence-electron chi connectivity index (χ0n) is 8.74. The summed E-state index contributed by atoms with van der Waals surface area (Å²) in [6.07, 6.45) is 1.74. The number of halogens is 1. The number of aromatic hydroxyl groups is 1. The minimum Gasteiger partial charge on any atom is -0.506 e. The zero-order valence-corrected chi connectivity index (χ0v) is 9.49. The van der Waals surface area contributed by atoms with Crippen molar-refractivity contribution in [2.45, 2.75) is 6.92 Å². The predicted molar refractivity (Wildman–Crippen MR) is 65.5 cm³/mol. The number of aryl methyl sites for hydroxylation is 1. The van der Waals surface area contributed by atoms with Crippen molar-refractivity contribution in [3.63, 3.8) is 0 Å². The lowest BCUT2D eigenvalue weighted by Crippen LogP contribution is -1.90. The van der Waals surface area contributed by atoms with Crippen LogP contribution >= 0.6 is 11.6 Å². The topological polar surface area (TPSA) is 59.1 Å². The van der Waals surface area contributed by atoms with E-state index >= 15 is 0 Å². The molecule has 0 saturated carbocycles. The van der Waals surface area contributed by atoms with Crippen LogP contribution in [0.25, 0.3) is 11.3 Å². The maximum absolute atomic E-state index is 9.33. The first kappa shape index (κ1) is 10.8. The average molecular weight is 235 g/mol. The highest BCUT2D eigenvalue weighted by Crippen LogP contribution is 2.30. The third-order valence-corrected chi connectivity index (χ3v) is 2.57. The minimum atomic E-state index is 0.0620. The number of phenolic OH excluding ortho intramolecular Hbond substituents is 1. The Morgan fingerprint density at radius 1 is 1.31 bits per heavy atom. The van der Waals surface area contributed by atoms with Gasteiger partial charge in [-0.15, -0.1) is 0 Å². The Balaban J connectivity index is 2.54. The molecule has 0 spiro atoms. The number of nitrogens with zero attached hydrogens (tertiary/aromatic N) is 1. The Hall–Kier alpha value is -1.74. The normalized spacial score (nSPS) is 10.4. The molecule has 2 rings (SSSR count). The Morgan fingerprint density at radius 3 is 2.69 bits per heavy atom. The van der Waals surface area contributed by atoms with Crippen LogP contribution in [0, 0.1) is 6.92 Å². The van der Waals surface area contributed by atoms with E-state index in [1.54, 1.807) is 18.3 Å². The lowest BCUT2D eigenvalue weighted by atomic mass is 10.1. The highest BCUT2D eigenvalue weighted by molar-refractivity contribution is 6.33. The zero-order chi connectivity index (χ0) is 11.7. The van der Waals surface area contributed by atoms with Gasteiger partial charge in [0.15, 0.2) is 0 Å². The van der Waals surface area contributed by atoms with E-state index < -0.39 is 0 Å². The van der Waals surface area contributed by atoms with Gasteiger partial charge >= 0.3 is 0 Å². The largest absolute Gasteiger partial charge is 0.506 e. The molecule has 0 bridgehead atoms. The van der Waals surface area contributed by atoms with Crippen molar-refractivity contribution in [3.05, 3.63) is 41.0 Å². The number of anilines is 1. The number of benzene rings is 1. The van der Waals surface area contributed by atoms with E-state index in [1.807, 2.05) is 13.0 Å². The molecule has 1 aromatic carbocycles. The number of rotatable bonds is 1. The summed E-state index contributed by atoms with van der Waals surface area (Å²) in [6, 6.07) is 6.75. The van der Waals surface area contributed by atoms with Crippen molar-refractivity contribution < 1.29 is 5.11 Å². The van der Waals surface area contributed by atoms with Gasteiger partial charge in [-0.3, -0.25) is 4.98 Å². The average Bonchev–Trinajstić information content (AvgIpc) is 2.22. The van der Waals surface area contributed by atoms with Crippen LogP contribution in [-0.2, 0) is 0 Å². The SMILES string of the molecule is Cc1cnc(-c2ccc(O)c(N)c2)c(Cl)c1. The maximum atomic E-state index is 9.33. The molecule has 0 fully saturated rings. The molecule has 1 aromatic heterocycles. The molecule has 82 valence electrons. The quantitative estimate of drug-likeness (QED) is 0.589. The number of nitrogens with two attached hydrogens (primary N) is 1. The van der Waals surface area contributed by atoms with E-state index in [9.17, 15) is 5.11 Å². The summed E-state index contributed by atoms with van der Waals surface area (Å²) in [5.74, 6) is 0.0620. The summed E-state index contributed by atoms with van der Waals surface area (Å²) < 4.78 is 0. The number of hydrogen-bond donors (Lipinski definition) is 2. The van der Waals surface area contributed by atoms with E-state index in [-0.39, 0.29) is 5.75 Å². The molecule has 0 aliphatic rings. The fraction of sp³-hybridized carbons (Fsp3) is 0.0833. The van der Waals surface area contributed by atoms with Gasteiger partial charge in [0.1, 0.15) is 5.75 Å². The highest BCUT2D eigenvalue weighted by Gasteiger charge is 2.07. The molecule has 3 N–H and O–H groups in total. The van der Waals surface area contributed by atoms with Crippen LogP contribution in [-0.4, -0.2) is 10.1 Å². The van der Waals surface area contributed by atoms with Gasteiger partial charge in [-0.25, -0.2) is 0 Å². The first-order valence-corrected chi connectivity index (χ1v) is 5.17. The lowest BCUT2D eigenvalue weighted by molar-refractivity contribution is 0.478. The van der Waals surface area contributed by atoms with Gasteiger partial charge < -0.3 is 10.8 Å². The number of aromatic nitrogens is 1. The second-order valence-corrected chi connectivity index (χ2v) is 4.02. The lowest BCUT2D eigenvalue weighted by Gasteiger charge is -2.06. The van der Waals surface area contributed by atoms with Crippen LogP contribution in [0.4, 0.5) is 5.69 Å². The molecule has 0 amide bonds. The molecule has 3 nitrogen and oxygen atoms in total. The molecular weight excluding hydrogens is 224 g/mol. The molecule has 16 heavy (non-hydrogen) atoms. The Bertz CT molecular complexity index is 541. The summed E-state index contributed by atoms with van der Waals surface area (Å²) in [7, 11) is 0. The second kappa shape index (κ2) is 4.02. The van der Waals surface area contributed by atoms with Crippen molar-refractivity contribution >= 4 is 17.3 Å². The molecule has 4 heteroatoms. The predicted octanol–water partition coefficient (Wildman–Crippen LogP) is 3.00. The molecule has 0 aliphatic carbocycles. The van der Waals surface area contributed by atoms with E-state index in [0.29, 0.717) is 16.4 Å². The summed E-state index contributed by atoms with van der Waals surface area (Å²) in [5, 5.41) is 9.90. The first-order valence-electron chi connectivity index (χ1n) is 4.79. The number of phenols is 1. The standard InChI is InChI=1S/C12H11ClN2O/c1-7-4-9(13)12(15-6-7)8-2-3-11(16)10(14)5-8/h2-6,16H,14H2,1H3. The Morgan fingerprint density at radius 2 is 2.06 bits per heavy atom. The van der Waals surface area contributed by atoms with E-state index in [4.69, 9.17) is 17.3 Å². The number of nitrogen functional groups attached to an aromatic ring is 1. The fourth-order valence-corrected chi connectivity index (χ4v) is 1.78. The molecule has 0 unspecified atom stereocenters. The van der Waals surface area contributed by atoms with Crippen LogP contribution < -0.4 is 5.73 Å². The van der Waals surface area contributed by atoms with Gasteiger partial charge in [0.05, 0.1) is 16.4 Å². The number of hydrogen-bond acceptors (Lipinski definition) is 3. The molecule has 0 aliphatic heterocycles. The van der Waals surface area contributed by atoms with E-state index in [2.05, 4.69) is 4.98 Å². The first-order chi connectivity index (χ1) is 7.58. The second-order valence-electron chi connectivity index (χ2n) is 3.62. The summed E-state index contributed by atoms with van der Waals surface area (Å²) in [4.78, 5) is 4.25. The molecule has 1 heterocycles. The summed E-state index contributed by atoms with van der Waals surface area (Å²) in [5.41, 5.74) is 8.39. The molecule has 2 aromatic rings. The molecule has 0 saturated heterocycles. The van der Waals surface area contributed by atoms with Crippen molar-refractivity contribution in [2.24, 2.45) is 0 Å². The van der Waals surface area contributed by atoms with Crippen LogP contribution in [0.15, 0.2) is 30.5 Å². The number of pyridine rings is 1. The third kappa shape index (κ3) is 1.95. The van der Waals surface area contributed by atoms with Gasteiger partial charge in [-0.05, 0) is 36.8 Å². The molecule has 0 radical (unpaired) electrons. The monoisotopic (exact) mass is 234 g/mol. The van der Waals surface area contributed by atoms with E-state index in [0.717, 1.165) is 11.1 Å². The smallest absolute Gasteiger partial charge is 0.138 e. The van der Waals surface area contributed by atoms with Crippen LogP contribution in [0.5, 0.6) is 5.75 Å². The fourth-order valence-electron chi connectivity index (χ4n) is 1.45. The van der Waals surface area contributed by atoms with Gasteiger partial charge in [0, 0.05) is 11.8 Å². The van der Waals surface area contributed by atoms with Gasteiger partial charge in [-0.1, -0.05) is 11.6 Å². The molecule has 0 atom stereocenters.